The maximum atomic E-state index is 8.84. The van der Waals surface area contributed by atoms with Crippen LogP contribution >= 0.6 is 0 Å². The maximum Gasteiger partial charge on any atom is 0.0490 e. The Morgan fingerprint density at radius 3 is 2.93 bits per heavy atom. The molecule has 1 aromatic rings. The summed E-state index contributed by atoms with van der Waals surface area (Å²) in [6.07, 6.45) is 2.57. The highest BCUT2D eigenvalue weighted by molar-refractivity contribution is 4.96. The smallest absolute Gasteiger partial charge is 0.0490 e. The second kappa shape index (κ2) is 5.12. The first-order chi connectivity index (χ1) is 6.64. The molecular formula is C10H19N3O. The molecule has 1 rings (SSSR count). The lowest BCUT2D eigenvalue weighted by molar-refractivity contribution is 0.207. The van der Waals surface area contributed by atoms with Crippen molar-refractivity contribution in [3.05, 3.63) is 18.0 Å². The molecule has 0 saturated carbocycles. The van der Waals surface area contributed by atoms with Gasteiger partial charge in [-0.15, -0.1) is 0 Å². The maximum absolute atomic E-state index is 8.84. The SMILES string of the molecule is CC(C)(CCO)CNCc1ccn[nH]1. The summed E-state index contributed by atoms with van der Waals surface area (Å²) in [5.74, 6) is 0. The predicted molar refractivity (Wildman–Crippen MR) is 55.8 cm³/mol. The zero-order valence-electron chi connectivity index (χ0n) is 8.88. The Labute approximate surface area is 84.7 Å². The van der Waals surface area contributed by atoms with E-state index in [1.165, 1.54) is 0 Å². The lowest BCUT2D eigenvalue weighted by atomic mass is 9.90. The van der Waals surface area contributed by atoms with Gasteiger partial charge in [0.25, 0.3) is 0 Å². The molecule has 0 saturated heterocycles. The summed E-state index contributed by atoms with van der Waals surface area (Å²) in [5.41, 5.74) is 1.24. The monoisotopic (exact) mass is 197 g/mol. The standard InChI is InChI=1S/C10H19N3O/c1-10(2,4-6-14)8-11-7-9-3-5-12-13-9/h3,5,11,14H,4,6-8H2,1-2H3,(H,12,13). The van der Waals surface area contributed by atoms with Crippen molar-refractivity contribution in [2.24, 2.45) is 5.41 Å². The van der Waals surface area contributed by atoms with Crippen LogP contribution in [0.1, 0.15) is 26.0 Å². The molecule has 0 aromatic carbocycles. The molecular weight excluding hydrogens is 178 g/mol. The second-order valence-corrected chi connectivity index (χ2v) is 4.32. The van der Waals surface area contributed by atoms with Crippen LogP contribution in [0.15, 0.2) is 12.3 Å². The molecule has 0 atom stereocenters. The number of H-pyrrole nitrogens is 1. The van der Waals surface area contributed by atoms with Gasteiger partial charge in [-0.3, -0.25) is 5.10 Å². The first kappa shape index (κ1) is 11.2. The van der Waals surface area contributed by atoms with Gasteiger partial charge in [0.05, 0.1) is 0 Å². The Kier molecular flexibility index (Phi) is 4.10. The van der Waals surface area contributed by atoms with Gasteiger partial charge in [-0.25, -0.2) is 0 Å². The lowest BCUT2D eigenvalue weighted by Crippen LogP contribution is -2.29. The van der Waals surface area contributed by atoms with Gasteiger partial charge in [0.15, 0.2) is 0 Å². The first-order valence-corrected chi connectivity index (χ1v) is 4.94. The molecule has 1 heterocycles. The fourth-order valence-corrected chi connectivity index (χ4v) is 1.31. The molecule has 80 valence electrons. The number of hydrogen-bond donors (Lipinski definition) is 3. The third kappa shape index (κ3) is 3.89. The van der Waals surface area contributed by atoms with E-state index in [2.05, 4.69) is 29.4 Å². The van der Waals surface area contributed by atoms with Gasteiger partial charge in [-0.2, -0.15) is 5.10 Å². The number of aromatic nitrogens is 2. The molecule has 4 nitrogen and oxygen atoms in total. The average Bonchev–Trinajstić information content (AvgIpc) is 2.56. The van der Waals surface area contributed by atoms with Crippen molar-refractivity contribution < 1.29 is 5.11 Å². The number of aliphatic hydroxyl groups is 1. The number of nitrogens with one attached hydrogen (secondary N) is 2. The predicted octanol–water partition coefficient (Wildman–Crippen LogP) is 0.908. The highest BCUT2D eigenvalue weighted by Gasteiger charge is 2.16. The molecule has 0 fully saturated rings. The Morgan fingerprint density at radius 2 is 2.36 bits per heavy atom. The third-order valence-electron chi connectivity index (χ3n) is 2.27. The largest absolute Gasteiger partial charge is 0.396 e. The van der Waals surface area contributed by atoms with Gasteiger partial charge < -0.3 is 10.4 Å². The van der Waals surface area contributed by atoms with Crippen LogP contribution in [0, 0.1) is 5.41 Å². The minimum atomic E-state index is 0.148. The summed E-state index contributed by atoms with van der Waals surface area (Å²) in [7, 11) is 0. The average molecular weight is 197 g/mol. The Bertz CT molecular complexity index is 244. The van der Waals surface area contributed by atoms with E-state index in [1.54, 1.807) is 6.20 Å². The molecule has 0 bridgehead atoms. The van der Waals surface area contributed by atoms with Gasteiger partial charge in [0.1, 0.15) is 0 Å². The number of rotatable bonds is 6. The van der Waals surface area contributed by atoms with Crippen LogP contribution in [0.2, 0.25) is 0 Å². The van der Waals surface area contributed by atoms with Gasteiger partial charge in [0, 0.05) is 31.6 Å². The summed E-state index contributed by atoms with van der Waals surface area (Å²) < 4.78 is 0. The normalized spacial score (nSPS) is 11.9. The van der Waals surface area contributed by atoms with Crippen LogP contribution in [0.25, 0.3) is 0 Å². The molecule has 3 N–H and O–H groups in total. The molecule has 0 amide bonds. The van der Waals surface area contributed by atoms with E-state index in [1.807, 2.05) is 6.07 Å². The number of aromatic amines is 1. The van der Waals surface area contributed by atoms with E-state index in [4.69, 9.17) is 5.11 Å². The highest BCUT2D eigenvalue weighted by atomic mass is 16.3. The minimum Gasteiger partial charge on any atom is -0.396 e. The van der Waals surface area contributed by atoms with Gasteiger partial charge in [-0.1, -0.05) is 13.8 Å². The van der Waals surface area contributed by atoms with Crippen LogP contribution in [-0.2, 0) is 6.54 Å². The van der Waals surface area contributed by atoms with E-state index in [9.17, 15) is 0 Å². The summed E-state index contributed by atoms with van der Waals surface area (Å²) in [6.45, 7) is 6.23. The van der Waals surface area contributed by atoms with Gasteiger partial charge in [0.2, 0.25) is 0 Å². The number of nitrogens with zero attached hydrogens (tertiary/aromatic N) is 1. The van der Waals surface area contributed by atoms with Crippen molar-refractivity contribution in [3.8, 4) is 0 Å². The van der Waals surface area contributed by atoms with E-state index >= 15 is 0 Å². The lowest BCUT2D eigenvalue weighted by Gasteiger charge is -2.23. The van der Waals surface area contributed by atoms with Gasteiger partial charge >= 0.3 is 0 Å². The van der Waals surface area contributed by atoms with E-state index in [-0.39, 0.29) is 12.0 Å². The van der Waals surface area contributed by atoms with Crippen LogP contribution < -0.4 is 5.32 Å². The zero-order valence-corrected chi connectivity index (χ0v) is 8.88. The van der Waals surface area contributed by atoms with E-state index < -0.39 is 0 Å². The van der Waals surface area contributed by atoms with Crippen molar-refractivity contribution in [2.45, 2.75) is 26.8 Å². The first-order valence-electron chi connectivity index (χ1n) is 4.94. The van der Waals surface area contributed by atoms with Gasteiger partial charge in [-0.05, 0) is 17.9 Å². The summed E-state index contributed by atoms with van der Waals surface area (Å²) in [4.78, 5) is 0. The summed E-state index contributed by atoms with van der Waals surface area (Å²) >= 11 is 0. The van der Waals surface area contributed by atoms with Crippen molar-refractivity contribution in [1.29, 1.82) is 0 Å². The molecule has 4 heteroatoms. The topological polar surface area (TPSA) is 60.9 Å². The van der Waals surface area contributed by atoms with Crippen LogP contribution in [0.4, 0.5) is 0 Å². The second-order valence-electron chi connectivity index (χ2n) is 4.32. The quantitative estimate of drug-likeness (QED) is 0.635. The molecule has 0 radical (unpaired) electrons. The Morgan fingerprint density at radius 1 is 1.57 bits per heavy atom. The van der Waals surface area contributed by atoms with Crippen LogP contribution in [-0.4, -0.2) is 28.5 Å². The summed E-state index contributed by atoms with van der Waals surface area (Å²) in [5, 5.41) is 18.9. The van der Waals surface area contributed by atoms with Crippen molar-refractivity contribution >= 4 is 0 Å². The Balaban J connectivity index is 2.20. The van der Waals surface area contributed by atoms with Crippen LogP contribution in [0.3, 0.4) is 0 Å². The summed E-state index contributed by atoms with van der Waals surface area (Å²) in [6, 6.07) is 1.95. The number of aliphatic hydroxyl groups excluding tert-OH is 1. The molecule has 0 aliphatic heterocycles. The third-order valence-corrected chi connectivity index (χ3v) is 2.27. The molecule has 0 spiro atoms. The fourth-order valence-electron chi connectivity index (χ4n) is 1.31. The van der Waals surface area contributed by atoms with E-state index in [0.29, 0.717) is 0 Å². The highest BCUT2D eigenvalue weighted by Crippen LogP contribution is 2.17. The number of hydrogen-bond acceptors (Lipinski definition) is 3. The van der Waals surface area contributed by atoms with Crippen molar-refractivity contribution in [3.63, 3.8) is 0 Å². The molecule has 1 aromatic heterocycles. The van der Waals surface area contributed by atoms with Crippen molar-refractivity contribution in [1.82, 2.24) is 15.5 Å². The zero-order chi connectivity index (χ0) is 10.4. The molecule has 0 unspecified atom stereocenters. The fraction of sp³-hybridized carbons (Fsp3) is 0.700. The van der Waals surface area contributed by atoms with Crippen molar-refractivity contribution in [2.75, 3.05) is 13.2 Å². The Hall–Kier alpha value is -0.870. The molecule has 14 heavy (non-hydrogen) atoms. The van der Waals surface area contributed by atoms with E-state index in [0.717, 1.165) is 25.2 Å². The minimum absolute atomic E-state index is 0.148. The molecule has 0 aliphatic rings. The molecule has 0 aliphatic carbocycles. The van der Waals surface area contributed by atoms with Crippen LogP contribution in [0.5, 0.6) is 0 Å².